The van der Waals surface area contributed by atoms with Gasteiger partial charge in [0, 0.05) is 44.9 Å². The first-order valence-corrected chi connectivity index (χ1v) is 19.1. The Labute approximate surface area is 322 Å². The van der Waals surface area contributed by atoms with Crippen molar-refractivity contribution in [3.05, 3.63) is 188 Å². The molecule has 3 heteroatoms. The number of fused-ring (bicyclic) bond motifs is 14. The number of nitrogens with zero attached hydrogens (tertiary/aromatic N) is 3. The molecule has 0 spiro atoms. The van der Waals surface area contributed by atoms with Crippen LogP contribution in [-0.4, -0.2) is 15.0 Å². The lowest BCUT2D eigenvalue weighted by Crippen LogP contribution is -1.93. The Morgan fingerprint density at radius 2 is 0.911 bits per heavy atom. The Hall–Kier alpha value is -7.49. The predicted octanol–water partition coefficient (Wildman–Crippen LogP) is 14.1. The minimum Gasteiger partial charge on any atom is -0.254 e. The molecule has 0 N–H and O–H groups in total. The highest BCUT2D eigenvalue weighted by molar-refractivity contribution is 6.33. The summed E-state index contributed by atoms with van der Waals surface area (Å²) in [6.45, 7) is 0. The lowest BCUT2D eigenvalue weighted by molar-refractivity contribution is 1.37. The van der Waals surface area contributed by atoms with Gasteiger partial charge in [-0.05, 0) is 102 Å². The molecule has 0 aliphatic rings. The highest BCUT2D eigenvalue weighted by Gasteiger charge is 2.18. The van der Waals surface area contributed by atoms with Crippen LogP contribution in [0.1, 0.15) is 0 Å². The van der Waals surface area contributed by atoms with E-state index in [1.807, 2.05) is 24.5 Å². The summed E-state index contributed by atoms with van der Waals surface area (Å²) in [6.07, 6.45) is 3.69. The van der Waals surface area contributed by atoms with E-state index in [0.29, 0.717) is 0 Å². The molecule has 0 aliphatic heterocycles. The normalized spacial score (nSPS) is 11.9. The molecule has 0 saturated heterocycles. The van der Waals surface area contributed by atoms with Gasteiger partial charge in [0.05, 0.1) is 22.2 Å². The first-order chi connectivity index (χ1) is 27.8. The van der Waals surface area contributed by atoms with Crippen LogP contribution in [0.3, 0.4) is 0 Å². The van der Waals surface area contributed by atoms with Gasteiger partial charge in [0.1, 0.15) is 0 Å². The van der Waals surface area contributed by atoms with E-state index in [-0.39, 0.29) is 0 Å². The molecule has 0 bridgehead atoms. The minimum absolute atomic E-state index is 0.932. The SMILES string of the molecule is c1cnc2c(c1)cc(-c1ccc3c(ccc4ccc(-c5ccc(-c6nc7ccccc7c7c8ccccc8c8ccccc8c67)cc5)cc43)c1)c1cccnc12. The molecule has 0 saturated carbocycles. The summed E-state index contributed by atoms with van der Waals surface area (Å²) in [4.78, 5) is 14.8. The van der Waals surface area contributed by atoms with Gasteiger partial charge in [-0.3, -0.25) is 9.97 Å². The van der Waals surface area contributed by atoms with Gasteiger partial charge in [0.2, 0.25) is 0 Å². The molecule has 12 aromatic rings. The van der Waals surface area contributed by atoms with Crippen LogP contribution >= 0.6 is 0 Å². The summed E-state index contributed by atoms with van der Waals surface area (Å²) in [5.74, 6) is 0. The molecule has 3 heterocycles. The van der Waals surface area contributed by atoms with Gasteiger partial charge in [-0.25, -0.2) is 4.98 Å². The second kappa shape index (κ2) is 12.0. The van der Waals surface area contributed by atoms with Crippen LogP contribution in [-0.2, 0) is 0 Å². The number of hydrogen-bond acceptors (Lipinski definition) is 3. The van der Waals surface area contributed by atoms with E-state index < -0.39 is 0 Å². The van der Waals surface area contributed by atoms with Crippen LogP contribution in [0.2, 0.25) is 0 Å². The Morgan fingerprint density at radius 1 is 0.304 bits per heavy atom. The molecule has 3 aromatic heterocycles. The highest BCUT2D eigenvalue weighted by atomic mass is 14.7. The molecular formula is C53H31N3. The van der Waals surface area contributed by atoms with Gasteiger partial charge in [-0.15, -0.1) is 0 Å². The zero-order valence-corrected chi connectivity index (χ0v) is 30.2. The molecule has 0 atom stereocenters. The highest BCUT2D eigenvalue weighted by Crippen LogP contribution is 2.43. The molecule has 0 unspecified atom stereocenters. The quantitative estimate of drug-likeness (QED) is 0.171. The third-order valence-electron chi connectivity index (χ3n) is 11.7. The third kappa shape index (κ3) is 4.61. The molecule has 0 amide bonds. The van der Waals surface area contributed by atoms with Gasteiger partial charge >= 0.3 is 0 Å². The summed E-state index contributed by atoms with van der Waals surface area (Å²) in [6, 6.07) is 63.8. The standard InChI is InChI=1S/C53H31N3/c1-3-12-42-40(10-1)41-11-2-4-13-43(41)50-49(42)45-14-5-6-16-48(45)56-51(50)34-21-17-32(18-22-34)35-23-19-33-20-24-36-29-37(25-26-39(36)46(33)30-35)47-31-38-9-7-27-54-52(38)53-44(47)15-8-28-55-53/h1-31H. The average Bonchev–Trinajstić information content (AvgIpc) is 3.28. The Bertz CT molecular complexity index is 3590. The number of hydrogen-bond donors (Lipinski definition) is 0. The molecule has 56 heavy (non-hydrogen) atoms. The summed E-state index contributed by atoms with van der Waals surface area (Å²) < 4.78 is 0. The maximum Gasteiger partial charge on any atom is 0.0970 e. The van der Waals surface area contributed by atoms with Crippen molar-refractivity contribution in [3.8, 4) is 33.5 Å². The molecule has 12 rings (SSSR count). The summed E-state index contributed by atoms with van der Waals surface area (Å²) in [5, 5.41) is 15.8. The molecule has 3 nitrogen and oxygen atoms in total. The molecule has 0 aliphatic carbocycles. The fourth-order valence-corrected chi connectivity index (χ4v) is 9.08. The van der Waals surface area contributed by atoms with Crippen molar-refractivity contribution in [3.63, 3.8) is 0 Å². The fraction of sp³-hybridized carbons (Fsp3) is 0. The first-order valence-electron chi connectivity index (χ1n) is 19.1. The number of aromatic nitrogens is 3. The zero-order valence-electron chi connectivity index (χ0n) is 30.2. The predicted molar refractivity (Wildman–Crippen MR) is 236 cm³/mol. The molecule has 258 valence electrons. The largest absolute Gasteiger partial charge is 0.254 e. The lowest BCUT2D eigenvalue weighted by atomic mass is 9.89. The number of para-hydroxylation sites is 1. The van der Waals surface area contributed by atoms with Crippen molar-refractivity contribution in [2.75, 3.05) is 0 Å². The van der Waals surface area contributed by atoms with Crippen molar-refractivity contribution in [2.45, 2.75) is 0 Å². The Kier molecular flexibility index (Phi) is 6.63. The maximum atomic E-state index is 5.36. The van der Waals surface area contributed by atoms with Gasteiger partial charge in [-0.2, -0.15) is 0 Å². The van der Waals surface area contributed by atoms with E-state index in [9.17, 15) is 0 Å². The van der Waals surface area contributed by atoms with E-state index in [4.69, 9.17) is 9.97 Å². The van der Waals surface area contributed by atoms with E-state index in [2.05, 4.69) is 169 Å². The Morgan fingerprint density at radius 3 is 1.73 bits per heavy atom. The van der Waals surface area contributed by atoms with Crippen molar-refractivity contribution in [1.29, 1.82) is 0 Å². The van der Waals surface area contributed by atoms with Crippen LogP contribution in [0, 0.1) is 0 Å². The zero-order chi connectivity index (χ0) is 36.7. The topological polar surface area (TPSA) is 38.7 Å². The van der Waals surface area contributed by atoms with Crippen LogP contribution in [0.5, 0.6) is 0 Å². The van der Waals surface area contributed by atoms with Crippen molar-refractivity contribution < 1.29 is 0 Å². The number of benzene rings is 9. The summed E-state index contributed by atoms with van der Waals surface area (Å²) >= 11 is 0. The summed E-state index contributed by atoms with van der Waals surface area (Å²) in [7, 11) is 0. The van der Waals surface area contributed by atoms with Crippen molar-refractivity contribution >= 4 is 86.6 Å². The first kappa shape index (κ1) is 30.9. The third-order valence-corrected chi connectivity index (χ3v) is 11.7. The monoisotopic (exact) mass is 709 g/mol. The van der Waals surface area contributed by atoms with Crippen molar-refractivity contribution in [2.24, 2.45) is 0 Å². The van der Waals surface area contributed by atoms with E-state index in [0.717, 1.165) is 38.6 Å². The minimum atomic E-state index is 0.932. The molecule has 0 radical (unpaired) electrons. The average molecular weight is 710 g/mol. The Balaban J connectivity index is 0.989. The van der Waals surface area contributed by atoms with Crippen LogP contribution in [0.15, 0.2) is 188 Å². The van der Waals surface area contributed by atoms with Crippen LogP contribution in [0.4, 0.5) is 0 Å². The molecule has 0 fully saturated rings. The van der Waals surface area contributed by atoms with Gasteiger partial charge in [-0.1, -0.05) is 140 Å². The maximum absolute atomic E-state index is 5.36. The van der Waals surface area contributed by atoms with Gasteiger partial charge in [0.15, 0.2) is 0 Å². The second-order valence-corrected chi connectivity index (χ2v) is 14.7. The molecule has 9 aromatic carbocycles. The van der Waals surface area contributed by atoms with Gasteiger partial charge in [0.25, 0.3) is 0 Å². The van der Waals surface area contributed by atoms with Crippen LogP contribution in [0.25, 0.3) is 120 Å². The van der Waals surface area contributed by atoms with Gasteiger partial charge < -0.3 is 0 Å². The van der Waals surface area contributed by atoms with Crippen LogP contribution < -0.4 is 0 Å². The fourth-order valence-electron chi connectivity index (χ4n) is 9.08. The second-order valence-electron chi connectivity index (χ2n) is 14.7. The van der Waals surface area contributed by atoms with E-state index in [1.165, 1.54) is 81.5 Å². The number of pyridine rings is 3. The number of rotatable bonds is 3. The summed E-state index contributed by atoms with van der Waals surface area (Å²) in [5.41, 5.74) is 9.69. The lowest BCUT2D eigenvalue weighted by Gasteiger charge is -2.16. The molecular weight excluding hydrogens is 679 g/mol. The van der Waals surface area contributed by atoms with E-state index >= 15 is 0 Å². The van der Waals surface area contributed by atoms with E-state index in [1.54, 1.807) is 0 Å². The smallest absolute Gasteiger partial charge is 0.0970 e. The van der Waals surface area contributed by atoms with Crippen molar-refractivity contribution in [1.82, 2.24) is 15.0 Å².